The zero-order valence-corrected chi connectivity index (χ0v) is 10.5. The third-order valence-electron chi connectivity index (χ3n) is 1.90. The van der Waals surface area contributed by atoms with Crippen LogP contribution >= 0.6 is 15.9 Å². The highest BCUT2D eigenvalue weighted by Crippen LogP contribution is 2.16. The molecule has 0 aliphatic carbocycles. The van der Waals surface area contributed by atoms with Crippen molar-refractivity contribution < 1.29 is 9.53 Å². The molecule has 0 aliphatic rings. The van der Waals surface area contributed by atoms with E-state index in [-0.39, 0.29) is 5.91 Å². The summed E-state index contributed by atoms with van der Waals surface area (Å²) >= 11 is 3.34. The van der Waals surface area contributed by atoms with Crippen molar-refractivity contribution in [1.29, 1.82) is 0 Å². The molecule has 0 heterocycles. The Balaban J connectivity index is 2.32. The van der Waals surface area contributed by atoms with E-state index in [9.17, 15) is 4.79 Å². The smallest absolute Gasteiger partial charge is 0.225 e. The van der Waals surface area contributed by atoms with E-state index in [1.54, 1.807) is 19.0 Å². The first-order valence-corrected chi connectivity index (χ1v) is 5.47. The summed E-state index contributed by atoms with van der Waals surface area (Å²) in [5.41, 5.74) is 0. The number of benzene rings is 1. The van der Waals surface area contributed by atoms with Gasteiger partial charge in [0.1, 0.15) is 5.75 Å². The number of amides is 1. The lowest BCUT2D eigenvalue weighted by molar-refractivity contribution is -0.129. The molecule has 0 bridgehead atoms. The molecule has 0 fully saturated rings. The molecular weight excluding hydrogens is 258 g/mol. The largest absolute Gasteiger partial charge is 0.493 e. The summed E-state index contributed by atoms with van der Waals surface area (Å²) in [4.78, 5) is 12.8. The minimum Gasteiger partial charge on any atom is -0.493 e. The molecule has 1 aromatic carbocycles. The first kappa shape index (κ1) is 12.0. The fourth-order valence-electron chi connectivity index (χ4n) is 1.01. The highest BCUT2D eigenvalue weighted by molar-refractivity contribution is 9.10. The van der Waals surface area contributed by atoms with E-state index in [0.717, 1.165) is 10.2 Å². The molecule has 0 spiro atoms. The van der Waals surface area contributed by atoms with Crippen LogP contribution in [0, 0.1) is 0 Å². The van der Waals surface area contributed by atoms with Crippen LogP contribution in [0.4, 0.5) is 0 Å². The zero-order valence-electron chi connectivity index (χ0n) is 8.87. The lowest BCUT2D eigenvalue weighted by atomic mass is 10.3. The van der Waals surface area contributed by atoms with Crippen molar-refractivity contribution in [3.05, 3.63) is 28.7 Å². The SMILES string of the molecule is CN(C)C(=O)CCOc1ccc(Br)cc1. The molecule has 82 valence electrons. The van der Waals surface area contributed by atoms with Gasteiger partial charge in [-0.1, -0.05) is 15.9 Å². The van der Waals surface area contributed by atoms with Crippen molar-refractivity contribution in [2.45, 2.75) is 6.42 Å². The first-order chi connectivity index (χ1) is 7.09. The molecule has 0 atom stereocenters. The minimum atomic E-state index is 0.0760. The maximum Gasteiger partial charge on any atom is 0.225 e. The van der Waals surface area contributed by atoms with E-state index in [1.807, 2.05) is 24.3 Å². The van der Waals surface area contributed by atoms with Crippen LogP contribution in [0.3, 0.4) is 0 Å². The van der Waals surface area contributed by atoms with Gasteiger partial charge in [0.15, 0.2) is 0 Å². The third-order valence-corrected chi connectivity index (χ3v) is 2.43. The molecule has 0 N–H and O–H groups in total. The van der Waals surface area contributed by atoms with Gasteiger partial charge in [0.2, 0.25) is 5.91 Å². The fraction of sp³-hybridized carbons (Fsp3) is 0.364. The van der Waals surface area contributed by atoms with Crippen molar-refractivity contribution >= 4 is 21.8 Å². The lowest BCUT2D eigenvalue weighted by Crippen LogP contribution is -2.23. The summed E-state index contributed by atoms with van der Waals surface area (Å²) in [7, 11) is 3.48. The predicted octanol–water partition coefficient (Wildman–Crippen LogP) is 2.31. The van der Waals surface area contributed by atoms with Gasteiger partial charge in [0.25, 0.3) is 0 Å². The Labute approximate surface area is 98.2 Å². The highest BCUT2D eigenvalue weighted by atomic mass is 79.9. The van der Waals surface area contributed by atoms with E-state index >= 15 is 0 Å². The molecule has 0 aliphatic heterocycles. The van der Waals surface area contributed by atoms with Gasteiger partial charge in [-0.25, -0.2) is 0 Å². The quantitative estimate of drug-likeness (QED) is 0.841. The molecule has 0 saturated heterocycles. The Kier molecular flexibility index (Phi) is 4.62. The van der Waals surface area contributed by atoms with Crippen LogP contribution in [-0.4, -0.2) is 31.5 Å². The number of ether oxygens (including phenoxy) is 1. The van der Waals surface area contributed by atoms with Crippen LogP contribution < -0.4 is 4.74 Å². The molecule has 0 saturated carbocycles. The molecule has 1 amide bonds. The zero-order chi connectivity index (χ0) is 11.3. The first-order valence-electron chi connectivity index (χ1n) is 4.68. The summed E-state index contributed by atoms with van der Waals surface area (Å²) in [6.45, 7) is 0.415. The Bertz CT molecular complexity index is 322. The van der Waals surface area contributed by atoms with Crippen LogP contribution in [-0.2, 0) is 4.79 Å². The van der Waals surface area contributed by atoms with Gasteiger partial charge in [0, 0.05) is 18.6 Å². The molecule has 0 aromatic heterocycles. The minimum absolute atomic E-state index is 0.0760. The van der Waals surface area contributed by atoms with Crippen LogP contribution in [0.1, 0.15) is 6.42 Å². The van der Waals surface area contributed by atoms with Gasteiger partial charge in [-0.05, 0) is 24.3 Å². The molecule has 0 radical (unpaired) electrons. The third kappa shape index (κ3) is 4.34. The van der Waals surface area contributed by atoms with Crippen LogP contribution in [0.25, 0.3) is 0 Å². The lowest BCUT2D eigenvalue weighted by Gasteiger charge is -2.10. The second kappa shape index (κ2) is 5.75. The van der Waals surface area contributed by atoms with E-state index < -0.39 is 0 Å². The maximum absolute atomic E-state index is 11.2. The summed E-state index contributed by atoms with van der Waals surface area (Å²) in [6.07, 6.45) is 0.406. The summed E-state index contributed by atoms with van der Waals surface area (Å²) in [6, 6.07) is 7.54. The van der Waals surface area contributed by atoms with Crippen molar-refractivity contribution in [3.8, 4) is 5.75 Å². The van der Waals surface area contributed by atoms with E-state index in [1.165, 1.54) is 0 Å². The van der Waals surface area contributed by atoms with Crippen LogP contribution in [0.15, 0.2) is 28.7 Å². The van der Waals surface area contributed by atoms with Crippen LogP contribution in [0.5, 0.6) is 5.75 Å². The topological polar surface area (TPSA) is 29.5 Å². The van der Waals surface area contributed by atoms with Crippen molar-refractivity contribution in [3.63, 3.8) is 0 Å². The fourth-order valence-corrected chi connectivity index (χ4v) is 1.27. The molecule has 1 aromatic rings. The molecule has 15 heavy (non-hydrogen) atoms. The van der Waals surface area contributed by atoms with Gasteiger partial charge in [-0.2, -0.15) is 0 Å². The van der Waals surface area contributed by atoms with Crippen molar-refractivity contribution in [2.24, 2.45) is 0 Å². The van der Waals surface area contributed by atoms with Gasteiger partial charge in [0.05, 0.1) is 13.0 Å². The van der Waals surface area contributed by atoms with E-state index in [4.69, 9.17) is 4.74 Å². The molecule has 1 rings (SSSR count). The van der Waals surface area contributed by atoms with Crippen molar-refractivity contribution in [2.75, 3.05) is 20.7 Å². The molecule has 0 unspecified atom stereocenters. The molecule has 4 heteroatoms. The normalized spacial score (nSPS) is 9.80. The average molecular weight is 272 g/mol. The Morgan fingerprint density at radius 3 is 2.47 bits per heavy atom. The van der Waals surface area contributed by atoms with E-state index in [2.05, 4.69) is 15.9 Å². The molecule has 3 nitrogen and oxygen atoms in total. The van der Waals surface area contributed by atoms with Gasteiger partial charge in [-0.15, -0.1) is 0 Å². The Morgan fingerprint density at radius 2 is 1.93 bits per heavy atom. The second-order valence-corrected chi connectivity index (χ2v) is 4.26. The maximum atomic E-state index is 11.2. The Hall–Kier alpha value is -1.03. The monoisotopic (exact) mass is 271 g/mol. The summed E-state index contributed by atoms with van der Waals surface area (Å²) in [5, 5.41) is 0. The average Bonchev–Trinajstić information content (AvgIpc) is 2.20. The van der Waals surface area contributed by atoms with Crippen molar-refractivity contribution in [1.82, 2.24) is 4.90 Å². The number of nitrogens with zero attached hydrogens (tertiary/aromatic N) is 1. The predicted molar refractivity (Wildman–Crippen MR) is 62.9 cm³/mol. The number of carbonyl (C=O) groups is 1. The van der Waals surface area contributed by atoms with Gasteiger partial charge >= 0.3 is 0 Å². The molecular formula is C11H14BrNO2. The number of hydrogen-bond donors (Lipinski definition) is 0. The standard InChI is InChI=1S/C11H14BrNO2/c1-13(2)11(14)7-8-15-10-5-3-9(12)4-6-10/h3-6H,7-8H2,1-2H3. The van der Waals surface area contributed by atoms with Crippen LogP contribution in [0.2, 0.25) is 0 Å². The number of carbonyl (C=O) groups excluding carboxylic acids is 1. The van der Waals surface area contributed by atoms with Gasteiger partial charge < -0.3 is 9.64 Å². The summed E-state index contributed by atoms with van der Waals surface area (Å²) in [5.74, 6) is 0.858. The number of halogens is 1. The Morgan fingerprint density at radius 1 is 1.33 bits per heavy atom. The number of hydrogen-bond acceptors (Lipinski definition) is 2. The highest BCUT2D eigenvalue weighted by Gasteiger charge is 2.03. The van der Waals surface area contributed by atoms with Gasteiger partial charge in [-0.3, -0.25) is 4.79 Å². The number of rotatable bonds is 4. The van der Waals surface area contributed by atoms with E-state index in [0.29, 0.717) is 13.0 Å². The second-order valence-electron chi connectivity index (χ2n) is 3.34. The summed E-state index contributed by atoms with van der Waals surface area (Å²) < 4.78 is 6.43.